The summed E-state index contributed by atoms with van der Waals surface area (Å²) in [4.78, 5) is 26.7. The van der Waals surface area contributed by atoms with E-state index >= 15 is 0 Å². The Labute approximate surface area is 177 Å². The highest BCUT2D eigenvalue weighted by atomic mass is 35.5. The van der Waals surface area contributed by atoms with Gasteiger partial charge in [0.1, 0.15) is 0 Å². The lowest BCUT2D eigenvalue weighted by atomic mass is 10.1. The van der Waals surface area contributed by atoms with Crippen LogP contribution in [0.25, 0.3) is 6.08 Å². The minimum absolute atomic E-state index is 0.0168. The summed E-state index contributed by atoms with van der Waals surface area (Å²) in [6.45, 7) is 6.15. The standard InChI is InChI=1S/C21H19ClN2O6/c1-4-28-19-10-13(5-8-18(19)29-12(2)3)9-17-21(25)30-20(23-17)15-7-6-14(24(26)27)11-16(15)22/h5-12H,4H2,1-3H3/b17-9-. The molecule has 2 aromatic rings. The summed E-state index contributed by atoms with van der Waals surface area (Å²) in [5.74, 6) is 0.482. The van der Waals surface area contributed by atoms with Gasteiger partial charge in [-0.3, -0.25) is 10.1 Å². The Balaban J connectivity index is 1.92. The lowest BCUT2D eigenvalue weighted by Crippen LogP contribution is -2.07. The number of halogens is 1. The summed E-state index contributed by atoms with van der Waals surface area (Å²) in [6, 6.07) is 9.11. The molecule has 9 heteroatoms. The van der Waals surface area contributed by atoms with Gasteiger partial charge in [-0.25, -0.2) is 9.79 Å². The molecule has 0 unspecified atom stereocenters. The van der Waals surface area contributed by atoms with Crippen molar-refractivity contribution < 1.29 is 23.9 Å². The Morgan fingerprint density at radius 1 is 1.23 bits per heavy atom. The number of ether oxygens (including phenoxy) is 3. The molecule has 0 bridgehead atoms. The first-order chi connectivity index (χ1) is 14.3. The van der Waals surface area contributed by atoms with Crippen LogP contribution in [0.2, 0.25) is 5.02 Å². The van der Waals surface area contributed by atoms with Crippen molar-refractivity contribution >= 4 is 35.2 Å². The number of carbonyl (C=O) groups is 1. The fourth-order valence-electron chi connectivity index (χ4n) is 2.71. The largest absolute Gasteiger partial charge is 0.490 e. The van der Waals surface area contributed by atoms with Crippen LogP contribution in [-0.4, -0.2) is 29.5 Å². The van der Waals surface area contributed by atoms with E-state index in [1.165, 1.54) is 18.2 Å². The highest BCUT2D eigenvalue weighted by Gasteiger charge is 2.26. The van der Waals surface area contributed by atoms with Gasteiger partial charge >= 0.3 is 5.97 Å². The number of esters is 1. The molecule has 1 aliphatic rings. The van der Waals surface area contributed by atoms with E-state index in [0.29, 0.717) is 23.7 Å². The molecule has 0 spiro atoms. The molecule has 0 aromatic heterocycles. The van der Waals surface area contributed by atoms with Crippen LogP contribution in [0.15, 0.2) is 47.1 Å². The van der Waals surface area contributed by atoms with E-state index in [9.17, 15) is 14.9 Å². The van der Waals surface area contributed by atoms with Crippen molar-refractivity contribution in [1.29, 1.82) is 0 Å². The number of nitro benzene ring substituents is 1. The zero-order valence-electron chi connectivity index (χ0n) is 16.5. The molecule has 1 heterocycles. The Morgan fingerprint density at radius 2 is 2.00 bits per heavy atom. The molecule has 0 aliphatic carbocycles. The van der Waals surface area contributed by atoms with E-state index in [-0.39, 0.29) is 34.0 Å². The van der Waals surface area contributed by atoms with Crippen molar-refractivity contribution in [3.8, 4) is 11.5 Å². The number of aliphatic imine (C=N–C) groups is 1. The number of hydrogen-bond acceptors (Lipinski definition) is 7. The van der Waals surface area contributed by atoms with Crippen molar-refractivity contribution in [3.63, 3.8) is 0 Å². The van der Waals surface area contributed by atoms with Crippen molar-refractivity contribution in [3.05, 3.63) is 68.4 Å². The highest BCUT2D eigenvalue weighted by Crippen LogP contribution is 2.31. The lowest BCUT2D eigenvalue weighted by Gasteiger charge is -2.14. The topological polar surface area (TPSA) is 100 Å². The molecule has 1 aliphatic heterocycles. The average Bonchev–Trinajstić information content (AvgIpc) is 3.03. The summed E-state index contributed by atoms with van der Waals surface area (Å²) in [6.07, 6.45) is 1.54. The molecule has 8 nitrogen and oxygen atoms in total. The predicted molar refractivity (Wildman–Crippen MR) is 112 cm³/mol. The lowest BCUT2D eigenvalue weighted by molar-refractivity contribution is -0.384. The second-order valence-corrected chi connectivity index (χ2v) is 6.97. The fraction of sp³-hybridized carbons (Fsp3) is 0.238. The monoisotopic (exact) mass is 430 g/mol. The second kappa shape index (κ2) is 8.96. The van der Waals surface area contributed by atoms with E-state index in [0.717, 1.165) is 0 Å². The summed E-state index contributed by atoms with van der Waals surface area (Å²) < 4.78 is 16.6. The molecular formula is C21H19ClN2O6. The quantitative estimate of drug-likeness (QED) is 0.271. The summed E-state index contributed by atoms with van der Waals surface area (Å²) in [7, 11) is 0. The van der Waals surface area contributed by atoms with Crippen molar-refractivity contribution in [2.45, 2.75) is 26.9 Å². The van der Waals surface area contributed by atoms with Gasteiger partial charge in [-0.15, -0.1) is 0 Å². The van der Waals surface area contributed by atoms with Crippen LogP contribution in [0.5, 0.6) is 11.5 Å². The van der Waals surface area contributed by atoms with Crippen LogP contribution >= 0.6 is 11.6 Å². The molecule has 0 saturated heterocycles. The van der Waals surface area contributed by atoms with Gasteiger partial charge in [-0.1, -0.05) is 17.7 Å². The van der Waals surface area contributed by atoms with E-state index in [4.69, 9.17) is 25.8 Å². The summed E-state index contributed by atoms with van der Waals surface area (Å²) >= 11 is 6.10. The molecular weight excluding hydrogens is 412 g/mol. The second-order valence-electron chi connectivity index (χ2n) is 6.56. The number of rotatable bonds is 7. The Bertz CT molecular complexity index is 1060. The van der Waals surface area contributed by atoms with Crippen LogP contribution in [-0.2, 0) is 9.53 Å². The fourth-order valence-corrected chi connectivity index (χ4v) is 2.96. The number of benzene rings is 2. The van der Waals surface area contributed by atoms with E-state index < -0.39 is 10.9 Å². The van der Waals surface area contributed by atoms with Gasteiger partial charge in [0, 0.05) is 12.1 Å². The molecule has 0 saturated carbocycles. The van der Waals surface area contributed by atoms with Gasteiger partial charge in [0.2, 0.25) is 5.90 Å². The SMILES string of the molecule is CCOc1cc(/C=C2\N=C(c3ccc([N+](=O)[O-])cc3Cl)OC2=O)ccc1OC(C)C. The number of nitro groups is 1. The van der Waals surface area contributed by atoms with Crippen LogP contribution in [0.4, 0.5) is 5.69 Å². The molecule has 30 heavy (non-hydrogen) atoms. The minimum atomic E-state index is -0.653. The normalized spacial score (nSPS) is 14.6. The molecule has 0 radical (unpaired) electrons. The highest BCUT2D eigenvalue weighted by molar-refractivity contribution is 6.34. The molecule has 0 atom stereocenters. The van der Waals surface area contributed by atoms with E-state index in [1.807, 2.05) is 20.8 Å². The molecule has 0 fully saturated rings. The van der Waals surface area contributed by atoms with Gasteiger partial charge in [0.25, 0.3) is 5.69 Å². The predicted octanol–water partition coefficient (Wildman–Crippen LogP) is 4.78. The van der Waals surface area contributed by atoms with Crippen LogP contribution in [0, 0.1) is 10.1 Å². The molecule has 3 rings (SSSR count). The van der Waals surface area contributed by atoms with Gasteiger partial charge in [0.15, 0.2) is 17.2 Å². The maximum Gasteiger partial charge on any atom is 0.363 e. The minimum Gasteiger partial charge on any atom is -0.490 e. The summed E-state index contributed by atoms with van der Waals surface area (Å²) in [5.41, 5.74) is 0.854. The smallest absolute Gasteiger partial charge is 0.363 e. The zero-order valence-corrected chi connectivity index (χ0v) is 17.3. The number of carbonyl (C=O) groups excluding carboxylic acids is 1. The van der Waals surface area contributed by atoms with E-state index in [1.54, 1.807) is 24.3 Å². The average molecular weight is 431 g/mol. The number of hydrogen-bond donors (Lipinski definition) is 0. The third kappa shape index (κ3) is 4.77. The zero-order chi connectivity index (χ0) is 21.8. The van der Waals surface area contributed by atoms with Crippen LogP contribution < -0.4 is 9.47 Å². The van der Waals surface area contributed by atoms with E-state index in [2.05, 4.69) is 4.99 Å². The Morgan fingerprint density at radius 3 is 2.63 bits per heavy atom. The van der Waals surface area contributed by atoms with Crippen LogP contribution in [0.3, 0.4) is 0 Å². The number of non-ortho nitro benzene ring substituents is 1. The van der Waals surface area contributed by atoms with Gasteiger partial charge in [-0.2, -0.15) is 0 Å². The number of cyclic esters (lactones) is 1. The van der Waals surface area contributed by atoms with Gasteiger partial charge in [0.05, 0.1) is 28.2 Å². The summed E-state index contributed by atoms with van der Waals surface area (Å²) in [5, 5.41) is 10.9. The van der Waals surface area contributed by atoms with Crippen molar-refractivity contribution in [2.24, 2.45) is 4.99 Å². The Kier molecular flexibility index (Phi) is 6.37. The first-order valence-electron chi connectivity index (χ1n) is 9.19. The van der Waals surface area contributed by atoms with Gasteiger partial charge < -0.3 is 14.2 Å². The molecule has 2 aromatic carbocycles. The first-order valence-corrected chi connectivity index (χ1v) is 9.56. The molecule has 0 amide bonds. The molecule has 0 N–H and O–H groups in total. The maximum absolute atomic E-state index is 12.3. The molecule has 156 valence electrons. The van der Waals surface area contributed by atoms with Crippen molar-refractivity contribution in [1.82, 2.24) is 0 Å². The third-order valence-electron chi connectivity index (χ3n) is 3.95. The Hall–Kier alpha value is -3.39. The van der Waals surface area contributed by atoms with Crippen LogP contribution in [0.1, 0.15) is 31.9 Å². The van der Waals surface area contributed by atoms with Gasteiger partial charge in [-0.05, 0) is 50.6 Å². The third-order valence-corrected chi connectivity index (χ3v) is 4.26. The first kappa shape index (κ1) is 21.3. The maximum atomic E-state index is 12.3. The van der Waals surface area contributed by atoms with Crippen molar-refractivity contribution in [2.75, 3.05) is 6.61 Å². The number of nitrogens with zero attached hydrogens (tertiary/aromatic N) is 2.